The van der Waals surface area contributed by atoms with Gasteiger partial charge in [-0.3, -0.25) is 9.59 Å². The SMILES string of the molecule is O=C(O)CNC(=O)c1ccc2c(c1)CCN2. The lowest BCUT2D eigenvalue weighted by molar-refractivity contribution is -0.135. The summed E-state index contributed by atoms with van der Waals surface area (Å²) in [4.78, 5) is 21.9. The van der Waals surface area contributed by atoms with Crippen LogP contribution in [-0.4, -0.2) is 30.1 Å². The third kappa shape index (κ3) is 2.13. The van der Waals surface area contributed by atoms with Gasteiger partial charge in [-0.15, -0.1) is 0 Å². The molecular formula is C11H12N2O3. The quantitative estimate of drug-likeness (QED) is 0.691. The van der Waals surface area contributed by atoms with Gasteiger partial charge in [0.1, 0.15) is 6.54 Å². The standard InChI is InChI=1S/C11H12N2O3/c14-10(15)6-13-11(16)8-1-2-9-7(5-8)3-4-12-9/h1-2,5,12H,3-4,6H2,(H,13,16)(H,14,15). The van der Waals surface area contributed by atoms with Gasteiger partial charge in [0.2, 0.25) is 0 Å². The number of amides is 1. The van der Waals surface area contributed by atoms with Crippen LogP contribution >= 0.6 is 0 Å². The summed E-state index contributed by atoms with van der Waals surface area (Å²) in [5.41, 5.74) is 2.65. The molecule has 1 aliphatic heterocycles. The van der Waals surface area contributed by atoms with E-state index in [4.69, 9.17) is 5.11 Å². The van der Waals surface area contributed by atoms with Crippen LogP contribution in [0.5, 0.6) is 0 Å². The molecule has 1 aromatic rings. The number of carbonyl (C=O) groups is 2. The summed E-state index contributed by atoms with van der Waals surface area (Å²) in [5, 5.41) is 14.0. The lowest BCUT2D eigenvalue weighted by Crippen LogP contribution is -2.29. The molecule has 1 aliphatic rings. The summed E-state index contributed by atoms with van der Waals surface area (Å²) in [7, 11) is 0. The highest BCUT2D eigenvalue weighted by Crippen LogP contribution is 2.22. The first-order valence-corrected chi connectivity index (χ1v) is 5.03. The highest BCUT2D eigenvalue weighted by molar-refractivity contribution is 5.96. The van der Waals surface area contributed by atoms with E-state index >= 15 is 0 Å². The van der Waals surface area contributed by atoms with Gasteiger partial charge < -0.3 is 15.7 Å². The number of aliphatic carboxylic acids is 1. The number of carboxylic acid groups (broad SMARTS) is 1. The number of fused-ring (bicyclic) bond motifs is 1. The number of hydrogen-bond acceptors (Lipinski definition) is 3. The molecule has 84 valence electrons. The van der Waals surface area contributed by atoms with Crippen LogP contribution in [0.3, 0.4) is 0 Å². The molecule has 1 heterocycles. The molecule has 0 unspecified atom stereocenters. The van der Waals surface area contributed by atoms with Gasteiger partial charge in [-0.05, 0) is 30.2 Å². The van der Waals surface area contributed by atoms with E-state index < -0.39 is 5.97 Å². The minimum absolute atomic E-state index is 0.350. The van der Waals surface area contributed by atoms with Crippen molar-refractivity contribution in [3.63, 3.8) is 0 Å². The molecule has 0 atom stereocenters. The van der Waals surface area contributed by atoms with E-state index in [-0.39, 0.29) is 12.5 Å². The summed E-state index contributed by atoms with van der Waals surface area (Å²) in [5.74, 6) is -1.40. The summed E-state index contributed by atoms with van der Waals surface area (Å²) in [6.45, 7) is 0.531. The van der Waals surface area contributed by atoms with E-state index in [9.17, 15) is 9.59 Å². The normalized spacial score (nSPS) is 12.8. The molecule has 0 saturated carbocycles. The summed E-state index contributed by atoms with van der Waals surface area (Å²) >= 11 is 0. The van der Waals surface area contributed by atoms with Crippen molar-refractivity contribution in [1.29, 1.82) is 0 Å². The smallest absolute Gasteiger partial charge is 0.322 e. The van der Waals surface area contributed by atoms with Gasteiger partial charge >= 0.3 is 5.97 Å². The Bertz CT molecular complexity index is 443. The molecule has 5 heteroatoms. The van der Waals surface area contributed by atoms with Gasteiger partial charge in [0.15, 0.2) is 0 Å². The number of carbonyl (C=O) groups excluding carboxylic acids is 1. The predicted octanol–water partition coefficient (Wildman–Crippen LogP) is 0.469. The van der Waals surface area contributed by atoms with E-state index in [1.54, 1.807) is 12.1 Å². The van der Waals surface area contributed by atoms with Gasteiger partial charge in [0.05, 0.1) is 0 Å². The zero-order valence-corrected chi connectivity index (χ0v) is 8.62. The molecule has 2 rings (SSSR count). The minimum Gasteiger partial charge on any atom is -0.480 e. The molecule has 0 bridgehead atoms. The minimum atomic E-state index is -1.05. The molecule has 5 nitrogen and oxygen atoms in total. The Morgan fingerprint density at radius 2 is 2.25 bits per heavy atom. The van der Waals surface area contributed by atoms with Gasteiger partial charge in [0.25, 0.3) is 5.91 Å². The lowest BCUT2D eigenvalue weighted by Gasteiger charge is -2.04. The Labute approximate surface area is 92.5 Å². The fourth-order valence-electron chi connectivity index (χ4n) is 1.70. The Kier molecular flexibility index (Phi) is 2.76. The van der Waals surface area contributed by atoms with Gasteiger partial charge in [0, 0.05) is 17.8 Å². The Morgan fingerprint density at radius 1 is 1.44 bits per heavy atom. The van der Waals surface area contributed by atoms with Gasteiger partial charge in [-0.2, -0.15) is 0 Å². The van der Waals surface area contributed by atoms with Crippen molar-refractivity contribution in [2.24, 2.45) is 0 Å². The maximum atomic E-state index is 11.6. The second kappa shape index (κ2) is 4.22. The molecule has 16 heavy (non-hydrogen) atoms. The van der Waals surface area contributed by atoms with E-state index in [0.29, 0.717) is 5.56 Å². The number of benzene rings is 1. The first kappa shape index (κ1) is 10.5. The van der Waals surface area contributed by atoms with Crippen molar-refractivity contribution in [2.75, 3.05) is 18.4 Å². The van der Waals surface area contributed by atoms with E-state index in [2.05, 4.69) is 10.6 Å². The number of hydrogen-bond donors (Lipinski definition) is 3. The number of anilines is 1. The molecule has 1 amide bonds. The van der Waals surface area contributed by atoms with E-state index in [1.807, 2.05) is 6.07 Å². The Balaban J connectivity index is 2.09. The fraction of sp³-hybridized carbons (Fsp3) is 0.273. The fourth-order valence-corrected chi connectivity index (χ4v) is 1.70. The van der Waals surface area contributed by atoms with Crippen LogP contribution in [0.2, 0.25) is 0 Å². The highest BCUT2D eigenvalue weighted by Gasteiger charge is 2.13. The van der Waals surface area contributed by atoms with Crippen molar-refractivity contribution in [1.82, 2.24) is 5.32 Å². The van der Waals surface area contributed by atoms with Gasteiger partial charge in [-0.1, -0.05) is 0 Å². The second-order valence-electron chi connectivity index (χ2n) is 3.63. The number of carboxylic acids is 1. The summed E-state index contributed by atoms with van der Waals surface area (Å²) in [6, 6.07) is 5.33. The van der Waals surface area contributed by atoms with Crippen LogP contribution in [0, 0.1) is 0 Å². The number of nitrogens with one attached hydrogen (secondary N) is 2. The molecule has 0 aliphatic carbocycles. The van der Waals surface area contributed by atoms with Crippen LogP contribution in [-0.2, 0) is 11.2 Å². The van der Waals surface area contributed by atoms with Crippen molar-refractivity contribution in [3.05, 3.63) is 29.3 Å². The summed E-state index contributed by atoms with van der Waals surface area (Å²) < 4.78 is 0. The first-order valence-electron chi connectivity index (χ1n) is 5.03. The Hall–Kier alpha value is -2.04. The molecular weight excluding hydrogens is 208 g/mol. The first-order chi connectivity index (χ1) is 7.66. The van der Waals surface area contributed by atoms with Crippen molar-refractivity contribution in [2.45, 2.75) is 6.42 Å². The highest BCUT2D eigenvalue weighted by atomic mass is 16.4. The van der Waals surface area contributed by atoms with Crippen molar-refractivity contribution in [3.8, 4) is 0 Å². The number of rotatable bonds is 3. The van der Waals surface area contributed by atoms with E-state index in [0.717, 1.165) is 24.2 Å². The summed E-state index contributed by atoms with van der Waals surface area (Å²) in [6.07, 6.45) is 0.898. The van der Waals surface area contributed by atoms with Crippen molar-refractivity contribution < 1.29 is 14.7 Å². The maximum Gasteiger partial charge on any atom is 0.322 e. The zero-order chi connectivity index (χ0) is 11.5. The second-order valence-corrected chi connectivity index (χ2v) is 3.63. The van der Waals surface area contributed by atoms with Crippen LogP contribution in [0.15, 0.2) is 18.2 Å². The molecule has 3 N–H and O–H groups in total. The topological polar surface area (TPSA) is 78.4 Å². The maximum absolute atomic E-state index is 11.6. The lowest BCUT2D eigenvalue weighted by atomic mass is 10.1. The Morgan fingerprint density at radius 3 is 3.00 bits per heavy atom. The van der Waals surface area contributed by atoms with Crippen molar-refractivity contribution >= 4 is 17.6 Å². The molecule has 0 spiro atoms. The van der Waals surface area contributed by atoms with Crippen LogP contribution in [0.4, 0.5) is 5.69 Å². The van der Waals surface area contributed by atoms with Crippen LogP contribution in [0.1, 0.15) is 15.9 Å². The monoisotopic (exact) mass is 220 g/mol. The average Bonchev–Trinajstić information content (AvgIpc) is 2.72. The molecule has 1 aromatic carbocycles. The third-order valence-corrected chi connectivity index (χ3v) is 2.48. The largest absolute Gasteiger partial charge is 0.480 e. The van der Waals surface area contributed by atoms with Crippen LogP contribution in [0.25, 0.3) is 0 Å². The predicted molar refractivity (Wildman–Crippen MR) is 58.6 cm³/mol. The van der Waals surface area contributed by atoms with Gasteiger partial charge in [-0.25, -0.2) is 0 Å². The molecule has 0 fully saturated rings. The molecule has 0 saturated heterocycles. The molecule has 0 aromatic heterocycles. The average molecular weight is 220 g/mol. The molecule has 0 radical (unpaired) electrons. The van der Waals surface area contributed by atoms with E-state index in [1.165, 1.54) is 0 Å². The van der Waals surface area contributed by atoms with Crippen LogP contribution < -0.4 is 10.6 Å². The zero-order valence-electron chi connectivity index (χ0n) is 8.62. The third-order valence-electron chi connectivity index (χ3n) is 2.48.